The van der Waals surface area contributed by atoms with Crippen LogP contribution >= 0.6 is 0 Å². The summed E-state index contributed by atoms with van der Waals surface area (Å²) < 4.78 is 4.90. The maximum atomic E-state index is 12.0. The second-order valence-electron chi connectivity index (χ2n) is 4.29. The molecule has 1 aliphatic heterocycles. The zero-order valence-electron chi connectivity index (χ0n) is 10.9. The van der Waals surface area contributed by atoms with Crippen LogP contribution in [-0.4, -0.2) is 23.0 Å². The Kier molecular flexibility index (Phi) is 3.71. The summed E-state index contributed by atoms with van der Waals surface area (Å²) in [5, 5.41) is 22.8. The average molecular weight is 285 g/mol. The molecule has 1 heterocycles. The number of esters is 1. The van der Waals surface area contributed by atoms with E-state index in [4.69, 9.17) is 4.74 Å². The Morgan fingerprint density at radius 2 is 2.38 bits per heavy atom. The lowest BCUT2D eigenvalue weighted by molar-refractivity contribution is -0.384. The number of carbonyl (C=O) groups is 1. The number of anilines is 1. The predicted octanol–water partition coefficient (Wildman–Crippen LogP) is 2.03. The molecule has 0 aliphatic carbocycles. The molecular weight excluding hydrogens is 274 g/mol. The number of nitro benzene ring substituents is 1. The Morgan fingerprint density at radius 1 is 1.62 bits per heavy atom. The molecule has 1 atom stereocenters. The number of nitro groups is 1. The standard InChI is InChI=1S/C14H11N3O4/c1-2-7-21-13(18)14(9-15)6-5-10-8-11(17(19)20)3-4-12(10)16-14/h2-6,8,16H,1,7H2. The molecule has 1 aromatic carbocycles. The van der Waals surface area contributed by atoms with Gasteiger partial charge in [-0.1, -0.05) is 18.7 Å². The molecule has 0 fully saturated rings. The van der Waals surface area contributed by atoms with E-state index >= 15 is 0 Å². The zero-order chi connectivity index (χ0) is 15.5. The van der Waals surface area contributed by atoms with E-state index in [1.165, 1.54) is 36.4 Å². The van der Waals surface area contributed by atoms with E-state index in [1.807, 2.05) is 6.07 Å². The van der Waals surface area contributed by atoms with Crippen molar-refractivity contribution < 1.29 is 14.5 Å². The molecule has 1 N–H and O–H groups in total. The van der Waals surface area contributed by atoms with E-state index in [9.17, 15) is 20.2 Å². The van der Waals surface area contributed by atoms with Gasteiger partial charge in [0.1, 0.15) is 12.7 Å². The lowest BCUT2D eigenvalue weighted by Gasteiger charge is -2.27. The topological polar surface area (TPSA) is 105 Å². The van der Waals surface area contributed by atoms with Gasteiger partial charge in [0.05, 0.1) is 4.92 Å². The third-order valence-electron chi connectivity index (χ3n) is 2.92. The van der Waals surface area contributed by atoms with Gasteiger partial charge in [-0.3, -0.25) is 10.1 Å². The summed E-state index contributed by atoms with van der Waals surface area (Å²) in [7, 11) is 0. The van der Waals surface area contributed by atoms with E-state index in [0.717, 1.165) is 0 Å². The molecule has 0 aromatic heterocycles. The number of nitrogens with one attached hydrogen (secondary N) is 1. The molecule has 106 valence electrons. The molecule has 0 bridgehead atoms. The first-order chi connectivity index (χ1) is 10.0. The van der Waals surface area contributed by atoms with Crippen molar-refractivity contribution in [3.63, 3.8) is 0 Å². The number of hydrogen-bond donors (Lipinski definition) is 1. The van der Waals surface area contributed by atoms with Crippen LogP contribution in [0.1, 0.15) is 5.56 Å². The largest absolute Gasteiger partial charge is 0.459 e. The van der Waals surface area contributed by atoms with Crippen molar-refractivity contribution in [2.75, 3.05) is 11.9 Å². The number of carbonyl (C=O) groups excluding carboxylic acids is 1. The molecule has 1 aromatic rings. The number of nitriles is 1. The first-order valence-corrected chi connectivity index (χ1v) is 5.97. The number of nitrogens with zero attached hydrogens (tertiary/aromatic N) is 2. The number of benzene rings is 1. The molecule has 1 unspecified atom stereocenters. The first-order valence-electron chi connectivity index (χ1n) is 5.97. The Hall–Kier alpha value is -3.14. The van der Waals surface area contributed by atoms with Crippen molar-refractivity contribution in [1.82, 2.24) is 0 Å². The third kappa shape index (κ3) is 2.60. The number of fused-ring (bicyclic) bond motifs is 1. The van der Waals surface area contributed by atoms with Crippen molar-refractivity contribution in [1.29, 1.82) is 5.26 Å². The van der Waals surface area contributed by atoms with Crippen LogP contribution in [0.15, 0.2) is 36.9 Å². The van der Waals surface area contributed by atoms with Gasteiger partial charge in [0.2, 0.25) is 5.54 Å². The van der Waals surface area contributed by atoms with Crippen LogP contribution in [0.5, 0.6) is 0 Å². The zero-order valence-corrected chi connectivity index (χ0v) is 10.9. The molecule has 21 heavy (non-hydrogen) atoms. The molecule has 2 rings (SSSR count). The van der Waals surface area contributed by atoms with E-state index in [-0.39, 0.29) is 12.3 Å². The monoisotopic (exact) mass is 285 g/mol. The Morgan fingerprint density at radius 3 is 3.00 bits per heavy atom. The van der Waals surface area contributed by atoms with Crippen molar-refractivity contribution in [3.05, 3.63) is 52.6 Å². The van der Waals surface area contributed by atoms with Gasteiger partial charge in [0, 0.05) is 23.4 Å². The Labute approximate surface area is 120 Å². The summed E-state index contributed by atoms with van der Waals surface area (Å²) in [4.78, 5) is 22.2. The van der Waals surface area contributed by atoms with Gasteiger partial charge < -0.3 is 10.1 Å². The van der Waals surface area contributed by atoms with Crippen LogP contribution in [0.3, 0.4) is 0 Å². The van der Waals surface area contributed by atoms with Gasteiger partial charge >= 0.3 is 5.97 Å². The lowest BCUT2D eigenvalue weighted by atomic mass is 9.94. The maximum Gasteiger partial charge on any atom is 0.351 e. The molecule has 7 nitrogen and oxygen atoms in total. The summed E-state index contributed by atoms with van der Waals surface area (Å²) >= 11 is 0. The van der Waals surface area contributed by atoms with Gasteiger partial charge in [-0.05, 0) is 12.1 Å². The van der Waals surface area contributed by atoms with Crippen LogP contribution in [0.25, 0.3) is 6.08 Å². The highest BCUT2D eigenvalue weighted by molar-refractivity contribution is 5.95. The van der Waals surface area contributed by atoms with Crippen molar-refractivity contribution in [3.8, 4) is 6.07 Å². The number of ether oxygens (including phenoxy) is 1. The minimum atomic E-state index is -1.65. The van der Waals surface area contributed by atoms with Crippen LogP contribution in [0.2, 0.25) is 0 Å². The molecule has 0 amide bonds. The second kappa shape index (κ2) is 5.46. The van der Waals surface area contributed by atoms with Crippen LogP contribution < -0.4 is 5.32 Å². The van der Waals surface area contributed by atoms with Gasteiger partial charge in [0.25, 0.3) is 5.69 Å². The van der Waals surface area contributed by atoms with Gasteiger partial charge in [-0.25, -0.2) is 4.79 Å². The molecule has 0 spiro atoms. The molecule has 0 saturated heterocycles. The van der Waals surface area contributed by atoms with E-state index in [0.29, 0.717) is 11.3 Å². The second-order valence-corrected chi connectivity index (χ2v) is 4.29. The molecular formula is C14H11N3O4. The van der Waals surface area contributed by atoms with Crippen LogP contribution in [0.4, 0.5) is 11.4 Å². The fourth-order valence-corrected chi connectivity index (χ4v) is 1.86. The molecule has 0 radical (unpaired) electrons. The van der Waals surface area contributed by atoms with Gasteiger partial charge in [-0.2, -0.15) is 5.26 Å². The van der Waals surface area contributed by atoms with Gasteiger partial charge in [-0.15, -0.1) is 0 Å². The Balaban J connectivity index is 2.34. The molecule has 7 heteroatoms. The average Bonchev–Trinajstić information content (AvgIpc) is 2.51. The number of non-ortho nitro benzene ring substituents is 1. The highest BCUT2D eigenvalue weighted by Gasteiger charge is 2.40. The summed E-state index contributed by atoms with van der Waals surface area (Å²) in [5.41, 5.74) is -0.753. The minimum absolute atomic E-state index is 0.00903. The van der Waals surface area contributed by atoms with Crippen LogP contribution in [0, 0.1) is 21.4 Å². The summed E-state index contributed by atoms with van der Waals surface area (Å²) in [6, 6.07) is 5.96. The molecule has 0 saturated carbocycles. The normalized spacial score (nSPS) is 18.8. The van der Waals surface area contributed by atoms with Crippen LogP contribution in [-0.2, 0) is 9.53 Å². The smallest absolute Gasteiger partial charge is 0.351 e. The summed E-state index contributed by atoms with van der Waals surface area (Å²) in [6.45, 7) is 3.42. The number of hydrogen-bond acceptors (Lipinski definition) is 6. The van der Waals surface area contributed by atoms with E-state index < -0.39 is 16.4 Å². The SMILES string of the molecule is C=CCOC(=O)C1(C#N)C=Cc2cc([N+](=O)[O-])ccc2N1. The maximum absolute atomic E-state index is 12.0. The van der Waals surface area contributed by atoms with Crippen molar-refractivity contribution in [2.45, 2.75) is 5.54 Å². The van der Waals surface area contributed by atoms with E-state index in [1.54, 1.807) is 0 Å². The van der Waals surface area contributed by atoms with E-state index in [2.05, 4.69) is 11.9 Å². The lowest BCUT2D eigenvalue weighted by Crippen LogP contribution is -2.45. The highest BCUT2D eigenvalue weighted by atomic mass is 16.6. The highest BCUT2D eigenvalue weighted by Crippen LogP contribution is 2.31. The summed E-state index contributed by atoms with van der Waals surface area (Å²) in [5.74, 6) is -0.759. The third-order valence-corrected chi connectivity index (χ3v) is 2.92. The number of rotatable bonds is 4. The fraction of sp³-hybridized carbons (Fsp3) is 0.143. The molecule has 1 aliphatic rings. The first kappa shape index (κ1) is 14.3. The van der Waals surface area contributed by atoms with Crippen molar-refractivity contribution >= 4 is 23.4 Å². The predicted molar refractivity (Wildman–Crippen MR) is 75.3 cm³/mol. The summed E-state index contributed by atoms with van der Waals surface area (Å²) in [6.07, 6.45) is 4.20. The quantitative estimate of drug-likeness (QED) is 0.392. The van der Waals surface area contributed by atoms with Gasteiger partial charge in [0.15, 0.2) is 0 Å². The van der Waals surface area contributed by atoms with Crippen molar-refractivity contribution in [2.24, 2.45) is 0 Å². The fourth-order valence-electron chi connectivity index (χ4n) is 1.86. The minimum Gasteiger partial charge on any atom is -0.459 e. The Bertz CT molecular complexity index is 690.